The number of halogens is 4. The van der Waals surface area contributed by atoms with Crippen LogP contribution >= 0.6 is 22.9 Å². The molecule has 148 valence electrons. The first kappa shape index (κ1) is 20.3. The molecule has 1 N–H and O–H groups in total. The molecule has 1 unspecified atom stereocenters. The van der Waals surface area contributed by atoms with Gasteiger partial charge in [0.25, 0.3) is 0 Å². The summed E-state index contributed by atoms with van der Waals surface area (Å²) in [5.74, 6) is -0.360. The molecule has 0 radical (unpaired) electrons. The lowest BCUT2D eigenvalue weighted by Gasteiger charge is -2.08. The van der Waals surface area contributed by atoms with E-state index in [0.29, 0.717) is 27.6 Å². The lowest BCUT2D eigenvalue weighted by Crippen LogP contribution is -2.30. The van der Waals surface area contributed by atoms with Gasteiger partial charge in [0.05, 0.1) is 10.7 Å². The van der Waals surface area contributed by atoms with E-state index >= 15 is 0 Å². The second kappa shape index (κ2) is 7.92. The molecule has 0 fully saturated rings. The van der Waals surface area contributed by atoms with Gasteiger partial charge >= 0.3 is 6.18 Å². The first-order valence-electron chi connectivity index (χ1n) is 8.41. The minimum Gasteiger partial charge on any atom is -0.350 e. The van der Waals surface area contributed by atoms with Crippen LogP contribution in [-0.2, 0) is 11.0 Å². The van der Waals surface area contributed by atoms with Crippen molar-refractivity contribution < 1.29 is 18.0 Å². The van der Waals surface area contributed by atoms with Gasteiger partial charge < -0.3 is 5.32 Å². The van der Waals surface area contributed by atoms with E-state index in [1.54, 1.807) is 24.3 Å². The van der Waals surface area contributed by atoms with Crippen molar-refractivity contribution in [2.75, 3.05) is 0 Å². The summed E-state index contributed by atoms with van der Waals surface area (Å²) in [5.41, 5.74) is 1.14. The van der Waals surface area contributed by atoms with Crippen molar-refractivity contribution in [3.05, 3.63) is 46.1 Å². The lowest BCUT2D eigenvalue weighted by atomic mass is 10.1. The normalized spacial score (nSPS) is 13.4. The maximum absolute atomic E-state index is 13.0. The molecular weight excluding hydrogens is 413 g/mol. The number of fused-ring (bicyclic) bond motifs is 1. The van der Waals surface area contributed by atoms with Crippen molar-refractivity contribution in [3.8, 4) is 11.3 Å². The summed E-state index contributed by atoms with van der Waals surface area (Å²) < 4.78 is 40.2. The molecule has 10 heteroatoms. The number of aromatic nitrogens is 3. The highest BCUT2D eigenvalue weighted by Gasteiger charge is 2.36. The van der Waals surface area contributed by atoms with E-state index in [9.17, 15) is 18.0 Å². The van der Waals surface area contributed by atoms with Crippen LogP contribution in [0.15, 0.2) is 30.3 Å². The van der Waals surface area contributed by atoms with E-state index in [2.05, 4.69) is 15.4 Å². The summed E-state index contributed by atoms with van der Waals surface area (Å²) in [6, 6.07) is 6.81. The fraction of sp³-hybridized carbons (Fsp3) is 0.278. The Balaban J connectivity index is 2.10. The van der Waals surface area contributed by atoms with Gasteiger partial charge in [-0.25, -0.2) is 9.50 Å². The number of amides is 1. The SMILES string of the molecule is CCC(C)NC(=O)/C=C/c1c(-c2ccccc2Cl)nc2sc(C(F)(F)F)nn12. The minimum absolute atomic E-state index is 0.0262. The Morgan fingerprint density at radius 2 is 2.11 bits per heavy atom. The molecule has 3 aromatic rings. The second-order valence-corrected chi connectivity index (χ2v) is 7.44. The highest BCUT2D eigenvalue weighted by atomic mass is 35.5. The average molecular weight is 429 g/mol. The van der Waals surface area contributed by atoms with Crippen molar-refractivity contribution in [3.63, 3.8) is 0 Å². The van der Waals surface area contributed by atoms with Crippen LogP contribution in [0.4, 0.5) is 13.2 Å². The van der Waals surface area contributed by atoms with E-state index in [1.165, 1.54) is 12.2 Å². The third kappa shape index (κ3) is 4.20. The molecular formula is C18H16ClF3N4OS. The minimum atomic E-state index is -4.58. The van der Waals surface area contributed by atoms with Gasteiger partial charge in [0.15, 0.2) is 0 Å². The van der Waals surface area contributed by atoms with Crippen LogP contribution in [0.2, 0.25) is 5.02 Å². The predicted octanol–water partition coefficient (Wildman–Crippen LogP) is 5.06. The smallest absolute Gasteiger partial charge is 0.350 e. The maximum atomic E-state index is 13.0. The summed E-state index contributed by atoms with van der Waals surface area (Å²) in [6.45, 7) is 3.78. The summed E-state index contributed by atoms with van der Waals surface area (Å²) in [7, 11) is 0. The zero-order chi connectivity index (χ0) is 20.5. The Morgan fingerprint density at radius 1 is 1.39 bits per heavy atom. The molecule has 1 atom stereocenters. The Kier molecular flexibility index (Phi) is 5.76. The van der Waals surface area contributed by atoms with Crippen molar-refractivity contribution in [1.29, 1.82) is 0 Å². The fourth-order valence-electron chi connectivity index (χ4n) is 2.43. The lowest BCUT2D eigenvalue weighted by molar-refractivity contribution is -0.138. The molecule has 0 aliphatic heterocycles. The van der Waals surface area contributed by atoms with Gasteiger partial charge in [0.2, 0.25) is 15.9 Å². The molecule has 0 saturated carbocycles. The van der Waals surface area contributed by atoms with Crippen LogP contribution in [0.1, 0.15) is 31.0 Å². The second-order valence-electron chi connectivity index (χ2n) is 6.08. The Morgan fingerprint density at radius 3 is 2.75 bits per heavy atom. The topological polar surface area (TPSA) is 59.3 Å². The van der Waals surface area contributed by atoms with Crippen LogP contribution in [0.5, 0.6) is 0 Å². The fourth-order valence-corrected chi connectivity index (χ4v) is 3.43. The monoisotopic (exact) mass is 428 g/mol. The summed E-state index contributed by atoms with van der Waals surface area (Å²) >= 11 is 6.66. The average Bonchev–Trinajstić information content (AvgIpc) is 3.18. The molecule has 0 bridgehead atoms. The van der Waals surface area contributed by atoms with Gasteiger partial charge in [-0.05, 0) is 25.5 Å². The number of nitrogens with zero attached hydrogens (tertiary/aromatic N) is 3. The summed E-state index contributed by atoms with van der Waals surface area (Å²) in [6.07, 6.45) is -1.17. The quantitative estimate of drug-likeness (QED) is 0.578. The van der Waals surface area contributed by atoms with Crippen molar-refractivity contribution in [2.45, 2.75) is 32.5 Å². The Bertz CT molecular complexity index is 1040. The number of nitrogens with one attached hydrogen (secondary N) is 1. The molecule has 3 rings (SSSR count). The number of alkyl halides is 3. The van der Waals surface area contributed by atoms with E-state index in [0.717, 1.165) is 10.9 Å². The van der Waals surface area contributed by atoms with Gasteiger partial charge in [-0.15, -0.1) is 5.10 Å². The largest absolute Gasteiger partial charge is 0.445 e. The van der Waals surface area contributed by atoms with Crippen LogP contribution in [0, 0.1) is 0 Å². The Labute approximate surface area is 167 Å². The first-order chi connectivity index (χ1) is 13.2. The third-order valence-electron chi connectivity index (χ3n) is 4.00. The summed E-state index contributed by atoms with van der Waals surface area (Å²) in [4.78, 5) is 16.4. The van der Waals surface area contributed by atoms with E-state index < -0.39 is 11.2 Å². The van der Waals surface area contributed by atoms with Crippen LogP contribution in [-0.4, -0.2) is 26.5 Å². The standard InChI is InChI=1S/C18H16ClF3N4OS/c1-3-10(2)23-14(27)9-8-13-15(11-6-4-5-7-12(11)19)24-17-26(13)25-16(28-17)18(20,21)22/h4-10H,3H2,1-2H3,(H,23,27)/b9-8+. The van der Waals surface area contributed by atoms with Crippen molar-refractivity contribution in [2.24, 2.45) is 0 Å². The molecule has 2 aromatic heterocycles. The molecule has 5 nitrogen and oxygen atoms in total. The van der Waals surface area contributed by atoms with Crippen molar-refractivity contribution >= 4 is 39.9 Å². The highest BCUT2D eigenvalue weighted by molar-refractivity contribution is 7.16. The van der Waals surface area contributed by atoms with E-state index in [-0.39, 0.29) is 22.6 Å². The number of hydrogen-bond acceptors (Lipinski definition) is 4. The third-order valence-corrected chi connectivity index (χ3v) is 5.29. The predicted molar refractivity (Wildman–Crippen MR) is 103 cm³/mol. The Hall–Kier alpha value is -2.39. The number of hydrogen-bond donors (Lipinski definition) is 1. The van der Waals surface area contributed by atoms with Gasteiger partial charge in [0.1, 0.15) is 5.69 Å². The van der Waals surface area contributed by atoms with Crippen LogP contribution in [0.25, 0.3) is 22.3 Å². The van der Waals surface area contributed by atoms with Crippen LogP contribution < -0.4 is 5.32 Å². The molecule has 1 amide bonds. The molecule has 0 aliphatic rings. The number of imidazole rings is 1. The summed E-state index contributed by atoms with van der Waals surface area (Å²) in [5, 5.41) is 5.77. The highest BCUT2D eigenvalue weighted by Crippen LogP contribution is 2.36. The maximum Gasteiger partial charge on any atom is 0.445 e. The van der Waals surface area contributed by atoms with E-state index in [4.69, 9.17) is 11.6 Å². The molecule has 0 saturated heterocycles. The number of rotatable bonds is 5. The molecule has 1 aromatic carbocycles. The number of benzene rings is 1. The van der Waals surface area contributed by atoms with Crippen molar-refractivity contribution in [1.82, 2.24) is 19.9 Å². The van der Waals surface area contributed by atoms with Gasteiger partial charge in [-0.1, -0.05) is 48.1 Å². The molecule has 2 heterocycles. The zero-order valence-corrected chi connectivity index (χ0v) is 16.5. The number of carbonyl (C=O) groups is 1. The number of carbonyl (C=O) groups excluding carboxylic acids is 1. The van der Waals surface area contributed by atoms with Gasteiger partial charge in [0, 0.05) is 17.7 Å². The van der Waals surface area contributed by atoms with Gasteiger partial charge in [-0.3, -0.25) is 4.79 Å². The molecule has 0 spiro atoms. The van der Waals surface area contributed by atoms with Crippen LogP contribution in [0.3, 0.4) is 0 Å². The zero-order valence-electron chi connectivity index (χ0n) is 14.9. The molecule has 28 heavy (non-hydrogen) atoms. The van der Waals surface area contributed by atoms with Gasteiger partial charge in [-0.2, -0.15) is 13.2 Å². The molecule has 0 aliphatic carbocycles. The van der Waals surface area contributed by atoms with E-state index in [1.807, 2.05) is 13.8 Å². The first-order valence-corrected chi connectivity index (χ1v) is 9.60.